The Bertz CT molecular complexity index is 355. The fourth-order valence-electron chi connectivity index (χ4n) is 1.39. The summed E-state index contributed by atoms with van der Waals surface area (Å²) in [5.41, 5.74) is 5.73. The maximum absolute atomic E-state index is 11.5. The van der Waals surface area contributed by atoms with Crippen LogP contribution < -0.4 is 11.1 Å². The van der Waals surface area contributed by atoms with E-state index in [-0.39, 0.29) is 29.9 Å². The van der Waals surface area contributed by atoms with Crippen LogP contribution >= 0.6 is 0 Å². The van der Waals surface area contributed by atoms with Crippen molar-refractivity contribution in [3.05, 3.63) is 18.3 Å². The molecule has 16 heavy (non-hydrogen) atoms. The van der Waals surface area contributed by atoms with Crippen molar-refractivity contribution in [2.45, 2.75) is 32.2 Å². The Hall–Kier alpha value is -1.62. The van der Waals surface area contributed by atoms with Gasteiger partial charge in [-0.2, -0.15) is 0 Å². The van der Waals surface area contributed by atoms with E-state index in [1.54, 1.807) is 6.07 Å². The molecule has 0 radical (unpaired) electrons. The molecule has 1 unspecified atom stereocenters. The van der Waals surface area contributed by atoms with E-state index in [9.17, 15) is 9.90 Å². The Morgan fingerprint density at radius 2 is 2.44 bits per heavy atom. The van der Waals surface area contributed by atoms with E-state index in [1.807, 2.05) is 6.92 Å². The molecule has 0 aliphatic rings. The Balaban J connectivity index is 2.49. The van der Waals surface area contributed by atoms with Crippen LogP contribution in [0, 0.1) is 0 Å². The van der Waals surface area contributed by atoms with Gasteiger partial charge in [-0.1, -0.05) is 13.3 Å². The predicted octanol–water partition coefficient (Wildman–Crippen LogP) is 1.24. The summed E-state index contributed by atoms with van der Waals surface area (Å²) in [4.78, 5) is 15.4. The van der Waals surface area contributed by atoms with Crippen LogP contribution in [0.25, 0.3) is 0 Å². The molecule has 1 aromatic heterocycles. The molecule has 0 saturated heterocycles. The Kier molecular flexibility index (Phi) is 4.72. The summed E-state index contributed by atoms with van der Waals surface area (Å²) in [6.07, 6.45) is 3.50. The third-order valence-corrected chi connectivity index (χ3v) is 2.15. The third kappa shape index (κ3) is 3.86. The molecule has 1 rings (SSSR count). The van der Waals surface area contributed by atoms with Gasteiger partial charge in [-0.05, 0) is 18.6 Å². The average molecular weight is 223 g/mol. The summed E-state index contributed by atoms with van der Waals surface area (Å²) in [5, 5.41) is 11.9. The molecule has 0 saturated carbocycles. The first kappa shape index (κ1) is 12.4. The van der Waals surface area contributed by atoms with E-state index >= 15 is 0 Å². The normalized spacial score (nSPS) is 12.1. The molecule has 5 heteroatoms. The zero-order valence-corrected chi connectivity index (χ0v) is 9.31. The minimum Gasteiger partial charge on any atom is -0.504 e. The molecule has 1 atom stereocenters. The predicted molar refractivity (Wildman–Crippen MR) is 62.0 cm³/mol. The largest absolute Gasteiger partial charge is 0.504 e. The van der Waals surface area contributed by atoms with Gasteiger partial charge in [0.15, 0.2) is 11.6 Å². The molecular formula is C11H17N3O2. The zero-order valence-electron chi connectivity index (χ0n) is 9.31. The van der Waals surface area contributed by atoms with E-state index in [0.717, 1.165) is 12.8 Å². The Morgan fingerprint density at radius 1 is 1.69 bits per heavy atom. The van der Waals surface area contributed by atoms with Crippen LogP contribution in [0.2, 0.25) is 0 Å². The number of pyridine rings is 1. The maximum atomic E-state index is 11.5. The van der Waals surface area contributed by atoms with Crippen molar-refractivity contribution in [2.24, 2.45) is 5.73 Å². The number of carbonyl (C=O) groups is 1. The molecule has 0 spiro atoms. The number of nitrogens with one attached hydrogen (secondary N) is 1. The summed E-state index contributed by atoms with van der Waals surface area (Å²) in [5.74, 6) is -0.0916. The SMILES string of the molecule is CCCC(N)CC(=O)Nc1ncccc1O. The molecule has 5 nitrogen and oxygen atoms in total. The number of carbonyl (C=O) groups excluding carboxylic acids is 1. The standard InChI is InChI=1S/C11H17N3O2/c1-2-4-8(12)7-10(16)14-11-9(15)5-3-6-13-11/h3,5-6,8,15H,2,4,7,12H2,1H3,(H,13,14,16). The van der Waals surface area contributed by atoms with E-state index < -0.39 is 0 Å². The topological polar surface area (TPSA) is 88.2 Å². The van der Waals surface area contributed by atoms with Crippen molar-refractivity contribution in [1.29, 1.82) is 0 Å². The van der Waals surface area contributed by atoms with Gasteiger partial charge >= 0.3 is 0 Å². The average Bonchev–Trinajstić information content (AvgIpc) is 2.21. The molecule has 1 aromatic rings. The van der Waals surface area contributed by atoms with Gasteiger partial charge in [0.2, 0.25) is 5.91 Å². The number of amides is 1. The lowest BCUT2D eigenvalue weighted by Crippen LogP contribution is -2.27. The highest BCUT2D eigenvalue weighted by Crippen LogP contribution is 2.18. The van der Waals surface area contributed by atoms with Crippen molar-refractivity contribution < 1.29 is 9.90 Å². The van der Waals surface area contributed by atoms with Gasteiger partial charge in [0.05, 0.1) is 0 Å². The molecule has 4 N–H and O–H groups in total. The van der Waals surface area contributed by atoms with E-state index in [1.165, 1.54) is 12.3 Å². The molecule has 0 bridgehead atoms. The van der Waals surface area contributed by atoms with Crippen LogP contribution in [0.1, 0.15) is 26.2 Å². The first-order valence-electron chi connectivity index (χ1n) is 5.33. The second-order valence-corrected chi connectivity index (χ2v) is 3.67. The second-order valence-electron chi connectivity index (χ2n) is 3.67. The second kappa shape index (κ2) is 6.07. The number of hydrogen-bond donors (Lipinski definition) is 3. The number of hydrogen-bond acceptors (Lipinski definition) is 4. The molecular weight excluding hydrogens is 206 g/mol. The maximum Gasteiger partial charge on any atom is 0.227 e. The smallest absolute Gasteiger partial charge is 0.227 e. The van der Waals surface area contributed by atoms with Gasteiger partial charge in [-0.25, -0.2) is 4.98 Å². The Morgan fingerprint density at radius 3 is 3.06 bits per heavy atom. The van der Waals surface area contributed by atoms with Gasteiger partial charge in [0.1, 0.15) is 0 Å². The van der Waals surface area contributed by atoms with Crippen LogP contribution in [0.5, 0.6) is 5.75 Å². The summed E-state index contributed by atoms with van der Waals surface area (Å²) in [7, 11) is 0. The highest BCUT2D eigenvalue weighted by molar-refractivity contribution is 5.91. The molecule has 0 aromatic carbocycles. The van der Waals surface area contributed by atoms with Crippen molar-refractivity contribution in [2.75, 3.05) is 5.32 Å². The van der Waals surface area contributed by atoms with Crippen LogP contribution in [-0.2, 0) is 4.79 Å². The minimum absolute atomic E-state index is 0.0417. The summed E-state index contributed by atoms with van der Waals surface area (Å²) >= 11 is 0. The van der Waals surface area contributed by atoms with E-state index in [2.05, 4.69) is 10.3 Å². The molecule has 88 valence electrons. The lowest BCUT2D eigenvalue weighted by atomic mass is 10.1. The number of anilines is 1. The number of aromatic nitrogens is 1. The van der Waals surface area contributed by atoms with Crippen LogP contribution in [0.4, 0.5) is 5.82 Å². The van der Waals surface area contributed by atoms with Gasteiger partial charge < -0.3 is 16.2 Å². The lowest BCUT2D eigenvalue weighted by Gasteiger charge is -2.10. The molecule has 1 heterocycles. The number of aromatic hydroxyl groups is 1. The summed E-state index contributed by atoms with van der Waals surface area (Å²) in [6.45, 7) is 2.02. The number of nitrogens with two attached hydrogens (primary N) is 1. The third-order valence-electron chi connectivity index (χ3n) is 2.15. The lowest BCUT2D eigenvalue weighted by molar-refractivity contribution is -0.116. The molecule has 0 aliphatic carbocycles. The van der Waals surface area contributed by atoms with Gasteiger partial charge in [0, 0.05) is 18.7 Å². The van der Waals surface area contributed by atoms with Gasteiger partial charge in [-0.3, -0.25) is 4.79 Å². The van der Waals surface area contributed by atoms with Gasteiger partial charge in [-0.15, -0.1) is 0 Å². The number of nitrogens with zero attached hydrogens (tertiary/aromatic N) is 1. The first-order valence-corrected chi connectivity index (χ1v) is 5.33. The fourth-order valence-corrected chi connectivity index (χ4v) is 1.39. The first-order chi connectivity index (χ1) is 7.63. The van der Waals surface area contributed by atoms with Crippen molar-refractivity contribution in [3.8, 4) is 5.75 Å². The van der Waals surface area contributed by atoms with Gasteiger partial charge in [0.25, 0.3) is 0 Å². The fraction of sp³-hybridized carbons (Fsp3) is 0.455. The highest BCUT2D eigenvalue weighted by Gasteiger charge is 2.11. The zero-order chi connectivity index (χ0) is 12.0. The van der Waals surface area contributed by atoms with Crippen molar-refractivity contribution in [1.82, 2.24) is 4.98 Å². The highest BCUT2D eigenvalue weighted by atomic mass is 16.3. The van der Waals surface area contributed by atoms with Crippen molar-refractivity contribution in [3.63, 3.8) is 0 Å². The van der Waals surface area contributed by atoms with E-state index in [4.69, 9.17) is 5.73 Å². The summed E-state index contributed by atoms with van der Waals surface area (Å²) < 4.78 is 0. The monoisotopic (exact) mass is 223 g/mol. The Labute approximate surface area is 94.7 Å². The van der Waals surface area contributed by atoms with Crippen LogP contribution in [-0.4, -0.2) is 22.0 Å². The van der Waals surface area contributed by atoms with Crippen LogP contribution in [0.15, 0.2) is 18.3 Å². The number of rotatable bonds is 5. The van der Waals surface area contributed by atoms with Crippen molar-refractivity contribution >= 4 is 11.7 Å². The minimum atomic E-state index is -0.227. The summed E-state index contributed by atoms with van der Waals surface area (Å²) in [6, 6.07) is 2.92. The quantitative estimate of drug-likeness (QED) is 0.700. The van der Waals surface area contributed by atoms with E-state index in [0.29, 0.717) is 0 Å². The molecule has 1 amide bonds. The molecule has 0 aliphatic heterocycles. The van der Waals surface area contributed by atoms with Crippen LogP contribution in [0.3, 0.4) is 0 Å². The molecule has 0 fully saturated rings.